The first-order chi connectivity index (χ1) is 12.7. The molecular formula is C19H27FN2O4S. The first kappa shape index (κ1) is 20.2. The van der Waals surface area contributed by atoms with Gasteiger partial charge in [0.15, 0.2) is 0 Å². The topological polar surface area (TPSA) is 75.7 Å². The zero-order chi connectivity index (χ0) is 19.7. The molecule has 8 heteroatoms. The van der Waals surface area contributed by atoms with Crippen LogP contribution in [-0.2, 0) is 25.0 Å². The minimum absolute atomic E-state index is 0.0598. The number of hydrogen-bond donors (Lipinski definition) is 1. The molecule has 1 aliphatic carbocycles. The van der Waals surface area contributed by atoms with Crippen LogP contribution >= 0.6 is 0 Å². The van der Waals surface area contributed by atoms with E-state index < -0.39 is 15.4 Å². The number of carbonyl (C=O) groups excluding carboxylic acids is 1. The zero-order valence-corrected chi connectivity index (χ0v) is 16.6. The fourth-order valence-corrected chi connectivity index (χ4v) is 5.39. The Bertz CT molecular complexity index is 767. The average Bonchev–Trinajstić information content (AvgIpc) is 2.54. The van der Waals surface area contributed by atoms with Gasteiger partial charge in [-0.3, -0.25) is 4.79 Å². The van der Waals surface area contributed by atoms with Crippen LogP contribution in [0.3, 0.4) is 0 Å². The maximum absolute atomic E-state index is 13.2. The number of nitrogens with zero attached hydrogens (tertiary/aromatic N) is 1. The van der Waals surface area contributed by atoms with Gasteiger partial charge in [-0.05, 0) is 44.4 Å². The van der Waals surface area contributed by atoms with Crippen molar-refractivity contribution in [3.8, 4) is 0 Å². The van der Waals surface area contributed by atoms with Gasteiger partial charge in [0.1, 0.15) is 5.82 Å². The van der Waals surface area contributed by atoms with Crippen molar-refractivity contribution in [3.63, 3.8) is 0 Å². The monoisotopic (exact) mass is 398 g/mol. The van der Waals surface area contributed by atoms with Crippen LogP contribution in [0, 0.1) is 5.82 Å². The smallest absolute Gasteiger partial charge is 0.230 e. The number of rotatable bonds is 6. The van der Waals surface area contributed by atoms with Crippen molar-refractivity contribution in [2.45, 2.75) is 50.7 Å². The average molecular weight is 399 g/mol. The Labute approximate surface area is 160 Å². The van der Waals surface area contributed by atoms with Gasteiger partial charge in [-0.2, -0.15) is 4.31 Å². The first-order valence-corrected chi connectivity index (χ1v) is 11.0. The molecule has 0 bridgehead atoms. The molecule has 1 saturated heterocycles. The van der Waals surface area contributed by atoms with E-state index in [0.29, 0.717) is 25.9 Å². The maximum atomic E-state index is 13.2. The lowest BCUT2D eigenvalue weighted by Gasteiger charge is -2.40. The highest BCUT2D eigenvalue weighted by Crippen LogP contribution is 2.43. The predicted molar refractivity (Wildman–Crippen MR) is 100 cm³/mol. The first-order valence-electron chi connectivity index (χ1n) is 9.40. The minimum Gasteiger partial charge on any atom is -0.373 e. The molecular weight excluding hydrogens is 371 g/mol. The van der Waals surface area contributed by atoms with Crippen LogP contribution in [0.4, 0.5) is 4.39 Å². The van der Waals surface area contributed by atoms with E-state index in [-0.39, 0.29) is 36.2 Å². The van der Waals surface area contributed by atoms with Gasteiger partial charge in [-0.1, -0.05) is 18.6 Å². The van der Waals surface area contributed by atoms with Crippen LogP contribution in [0.5, 0.6) is 0 Å². The van der Waals surface area contributed by atoms with Gasteiger partial charge in [-0.15, -0.1) is 0 Å². The number of sulfonamides is 1. The quantitative estimate of drug-likeness (QED) is 0.793. The maximum Gasteiger partial charge on any atom is 0.230 e. The van der Waals surface area contributed by atoms with Crippen LogP contribution in [0.25, 0.3) is 0 Å². The van der Waals surface area contributed by atoms with Gasteiger partial charge in [0.25, 0.3) is 0 Å². The van der Waals surface area contributed by atoms with Crippen molar-refractivity contribution in [2.75, 3.05) is 25.4 Å². The summed E-state index contributed by atoms with van der Waals surface area (Å²) >= 11 is 0. The number of carbonyl (C=O) groups is 1. The number of halogens is 1. The zero-order valence-electron chi connectivity index (χ0n) is 15.8. The Kier molecular flexibility index (Phi) is 5.88. The second-order valence-corrected chi connectivity index (χ2v) is 9.68. The molecule has 1 amide bonds. The third-order valence-corrected chi connectivity index (χ3v) is 7.27. The van der Waals surface area contributed by atoms with Gasteiger partial charge >= 0.3 is 0 Å². The Balaban J connectivity index is 1.59. The van der Waals surface area contributed by atoms with Gasteiger partial charge in [0.05, 0.1) is 23.4 Å². The van der Waals surface area contributed by atoms with Crippen LogP contribution in [0.1, 0.15) is 38.7 Å². The summed E-state index contributed by atoms with van der Waals surface area (Å²) < 4.78 is 45.4. The molecule has 0 spiro atoms. The van der Waals surface area contributed by atoms with E-state index >= 15 is 0 Å². The molecule has 6 nitrogen and oxygen atoms in total. The standard InChI is InChI=1S/C19H27FN2O4S/c1-14-12-22(13-15(2)26-14)27(24,25)11-10-21-18(23)19(8-3-9-19)16-4-6-17(20)7-5-16/h4-7,14-15H,3,8-13H2,1-2H3,(H,21,23)/t14-,15+. The highest BCUT2D eigenvalue weighted by Gasteiger charge is 2.45. The molecule has 1 aromatic rings. The normalized spacial score (nSPS) is 25.6. The van der Waals surface area contributed by atoms with Crippen molar-refractivity contribution in [2.24, 2.45) is 0 Å². The van der Waals surface area contributed by atoms with Crippen LogP contribution in [0.2, 0.25) is 0 Å². The Morgan fingerprint density at radius 2 is 1.81 bits per heavy atom. The van der Waals surface area contributed by atoms with Gasteiger partial charge in [-0.25, -0.2) is 12.8 Å². The second-order valence-electron chi connectivity index (χ2n) is 7.59. The fraction of sp³-hybridized carbons (Fsp3) is 0.632. The van der Waals surface area contributed by atoms with Crippen LogP contribution in [0.15, 0.2) is 24.3 Å². The molecule has 0 aromatic heterocycles. The number of benzene rings is 1. The highest BCUT2D eigenvalue weighted by atomic mass is 32.2. The number of morpholine rings is 1. The molecule has 2 atom stereocenters. The number of nitrogens with one attached hydrogen (secondary N) is 1. The molecule has 0 radical (unpaired) electrons. The molecule has 1 saturated carbocycles. The fourth-order valence-electron chi connectivity index (χ4n) is 3.90. The summed E-state index contributed by atoms with van der Waals surface area (Å²) in [5.74, 6) is -0.662. The van der Waals surface area contributed by atoms with Crippen molar-refractivity contribution in [1.29, 1.82) is 0 Å². The van der Waals surface area contributed by atoms with E-state index in [2.05, 4.69) is 5.32 Å². The molecule has 2 fully saturated rings. The molecule has 3 rings (SSSR count). The summed E-state index contributed by atoms with van der Waals surface area (Å²) in [5, 5.41) is 2.79. The summed E-state index contributed by atoms with van der Waals surface area (Å²) in [5.41, 5.74) is 0.116. The van der Waals surface area contributed by atoms with Crippen molar-refractivity contribution in [1.82, 2.24) is 9.62 Å². The van der Waals surface area contributed by atoms with E-state index in [4.69, 9.17) is 4.74 Å². The predicted octanol–water partition coefficient (Wildman–Crippen LogP) is 1.80. The molecule has 1 aliphatic heterocycles. The Hall–Kier alpha value is -1.51. The van der Waals surface area contributed by atoms with E-state index in [9.17, 15) is 17.6 Å². The van der Waals surface area contributed by atoms with Gasteiger partial charge < -0.3 is 10.1 Å². The summed E-state index contributed by atoms with van der Waals surface area (Å²) in [6, 6.07) is 5.99. The minimum atomic E-state index is -3.46. The van der Waals surface area contributed by atoms with Crippen LogP contribution in [-0.4, -0.2) is 56.2 Å². The lowest BCUT2D eigenvalue weighted by molar-refractivity contribution is -0.129. The number of hydrogen-bond acceptors (Lipinski definition) is 4. The molecule has 0 unspecified atom stereocenters. The molecule has 150 valence electrons. The third kappa shape index (κ3) is 4.33. The van der Waals surface area contributed by atoms with Crippen molar-refractivity contribution < 1.29 is 22.3 Å². The largest absolute Gasteiger partial charge is 0.373 e. The van der Waals surface area contributed by atoms with Gasteiger partial charge in [0.2, 0.25) is 15.9 Å². The van der Waals surface area contributed by atoms with Crippen molar-refractivity contribution in [3.05, 3.63) is 35.6 Å². The Morgan fingerprint density at radius 1 is 1.22 bits per heavy atom. The summed E-state index contributed by atoms with van der Waals surface area (Å²) in [6.07, 6.45) is 2.02. The lowest BCUT2D eigenvalue weighted by Crippen LogP contribution is -2.52. The summed E-state index contributed by atoms with van der Waals surface area (Å²) in [6.45, 7) is 4.43. The SMILES string of the molecule is C[C@@H]1CN(S(=O)(=O)CCNC(=O)C2(c3ccc(F)cc3)CCC2)C[C@H](C)O1. The molecule has 2 aliphatic rings. The van der Waals surface area contributed by atoms with E-state index in [1.165, 1.54) is 16.4 Å². The van der Waals surface area contributed by atoms with Crippen molar-refractivity contribution >= 4 is 15.9 Å². The second kappa shape index (κ2) is 7.85. The Morgan fingerprint density at radius 3 is 2.33 bits per heavy atom. The number of amides is 1. The lowest BCUT2D eigenvalue weighted by atomic mass is 9.64. The molecule has 1 aromatic carbocycles. The molecule has 27 heavy (non-hydrogen) atoms. The molecule has 1 heterocycles. The van der Waals surface area contributed by atoms with Gasteiger partial charge in [0, 0.05) is 19.6 Å². The third-order valence-electron chi connectivity index (χ3n) is 5.46. The highest BCUT2D eigenvalue weighted by molar-refractivity contribution is 7.89. The summed E-state index contributed by atoms with van der Waals surface area (Å²) in [7, 11) is -3.46. The van der Waals surface area contributed by atoms with E-state index in [0.717, 1.165) is 12.0 Å². The summed E-state index contributed by atoms with van der Waals surface area (Å²) in [4.78, 5) is 12.8. The van der Waals surface area contributed by atoms with E-state index in [1.807, 2.05) is 13.8 Å². The number of ether oxygens (including phenoxy) is 1. The molecule has 1 N–H and O–H groups in total. The van der Waals surface area contributed by atoms with E-state index in [1.54, 1.807) is 12.1 Å². The van der Waals surface area contributed by atoms with Crippen LogP contribution < -0.4 is 5.32 Å².